The molecule has 1 unspecified atom stereocenters. The monoisotopic (exact) mass is 341 g/mol. The van der Waals surface area contributed by atoms with Crippen molar-refractivity contribution >= 4 is 0 Å². The summed E-state index contributed by atoms with van der Waals surface area (Å²) in [6.07, 6.45) is 0.926. The van der Waals surface area contributed by atoms with E-state index in [0.717, 1.165) is 36.8 Å². The van der Waals surface area contributed by atoms with Crippen molar-refractivity contribution in [3.8, 4) is 17.2 Å². The topological polar surface area (TPSA) is 39.7 Å². The molecule has 3 rings (SSSR count). The van der Waals surface area contributed by atoms with Gasteiger partial charge in [-0.3, -0.25) is 0 Å². The Kier molecular flexibility index (Phi) is 5.49. The highest BCUT2D eigenvalue weighted by Crippen LogP contribution is 2.40. The third-order valence-electron chi connectivity index (χ3n) is 4.49. The lowest BCUT2D eigenvalue weighted by Gasteiger charge is -2.29. The number of methoxy groups -OCH3 is 2. The van der Waals surface area contributed by atoms with Crippen LogP contribution in [-0.4, -0.2) is 27.4 Å². The molecule has 1 aliphatic heterocycles. The maximum absolute atomic E-state index is 5.90. The van der Waals surface area contributed by atoms with Crippen LogP contribution in [0.25, 0.3) is 0 Å². The van der Waals surface area contributed by atoms with Crippen LogP contribution in [0.1, 0.15) is 36.6 Å². The molecule has 0 aliphatic carbocycles. The smallest absolute Gasteiger partial charge is 0.164 e. The molecule has 4 heteroatoms. The summed E-state index contributed by atoms with van der Waals surface area (Å²) >= 11 is 0. The third-order valence-corrected chi connectivity index (χ3v) is 4.49. The van der Waals surface area contributed by atoms with Crippen LogP contribution in [0.5, 0.6) is 17.2 Å². The number of fused-ring (bicyclic) bond motifs is 1. The zero-order valence-corrected chi connectivity index (χ0v) is 15.5. The molecule has 1 atom stereocenters. The third kappa shape index (κ3) is 3.74. The molecule has 134 valence electrons. The maximum atomic E-state index is 5.90. The van der Waals surface area contributed by atoms with Crippen molar-refractivity contribution in [3.63, 3.8) is 0 Å². The molecule has 0 amide bonds. The lowest BCUT2D eigenvalue weighted by molar-refractivity contribution is 0.270. The lowest BCUT2D eigenvalue weighted by Crippen LogP contribution is -2.31. The number of rotatable bonds is 6. The van der Waals surface area contributed by atoms with Gasteiger partial charge in [0.25, 0.3) is 0 Å². The Hall–Kier alpha value is -2.20. The number of ether oxygens (including phenoxy) is 3. The first-order chi connectivity index (χ1) is 12.1. The van der Waals surface area contributed by atoms with Gasteiger partial charge in [0.15, 0.2) is 11.5 Å². The fourth-order valence-electron chi connectivity index (χ4n) is 3.33. The summed E-state index contributed by atoms with van der Waals surface area (Å²) in [5.41, 5.74) is 3.67. The van der Waals surface area contributed by atoms with Crippen molar-refractivity contribution in [1.29, 1.82) is 0 Å². The van der Waals surface area contributed by atoms with E-state index in [9.17, 15) is 0 Å². The van der Waals surface area contributed by atoms with Gasteiger partial charge in [-0.1, -0.05) is 32.0 Å². The van der Waals surface area contributed by atoms with E-state index in [0.29, 0.717) is 5.92 Å². The second-order valence-corrected chi connectivity index (χ2v) is 6.78. The van der Waals surface area contributed by atoms with Gasteiger partial charge in [0.2, 0.25) is 0 Å². The molecule has 0 radical (unpaired) electrons. The minimum Gasteiger partial charge on any atom is -0.493 e. The minimum atomic E-state index is 0.131. The summed E-state index contributed by atoms with van der Waals surface area (Å²) in [5.74, 6) is 3.06. The van der Waals surface area contributed by atoms with Crippen molar-refractivity contribution in [2.45, 2.75) is 26.3 Å². The molecule has 4 nitrogen and oxygen atoms in total. The van der Waals surface area contributed by atoms with Gasteiger partial charge in [0.1, 0.15) is 5.75 Å². The van der Waals surface area contributed by atoms with Gasteiger partial charge >= 0.3 is 0 Å². The van der Waals surface area contributed by atoms with Crippen LogP contribution in [0, 0.1) is 5.92 Å². The zero-order chi connectivity index (χ0) is 17.8. The number of benzene rings is 2. The average molecular weight is 341 g/mol. The molecule has 2 aromatic rings. The van der Waals surface area contributed by atoms with Crippen LogP contribution in [0.3, 0.4) is 0 Å². The largest absolute Gasteiger partial charge is 0.493 e. The molecule has 0 spiro atoms. The van der Waals surface area contributed by atoms with Crippen molar-refractivity contribution in [1.82, 2.24) is 5.32 Å². The van der Waals surface area contributed by atoms with Crippen molar-refractivity contribution < 1.29 is 14.2 Å². The van der Waals surface area contributed by atoms with Crippen LogP contribution >= 0.6 is 0 Å². The van der Waals surface area contributed by atoms with Crippen LogP contribution in [0.2, 0.25) is 0 Å². The molecule has 0 fully saturated rings. The molecular weight excluding hydrogens is 314 g/mol. The van der Waals surface area contributed by atoms with Gasteiger partial charge in [-0.25, -0.2) is 0 Å². The van der Waals surface area contributed by atoms with Gasteiger partial charge in [-0.15, -0.1) is 0 Å². The number of hydrogen-bond donors (Lipinski definition) is 1. The van der Waals surface area contributed by atoms with Crippen molar-refractivity contribution in [3.05, 3.63) is 53.1 Å². The highest BCUT2D eigenvalue weighted by molar-refractivity contribution is 5.54. The molecule has 1 aliphatic rings. The van der Waals surface area contributed by atoms with E-state index in [1.54, 1.807) is 14.2 Å². The summed E-state index contributed by atoms with van der Waals surface area (Å²) in [6, 6.07) is 12.6. The zero-order valence-electron chi connectivity index (χ0n) is 15.5. The molecule has 0 saturated heterocycles. The van der Waals surface area contributed by atoms with E-state index in [1.165, 1.54) is 16.7 Å². The summed E-state index contributed by atoms with van der Waals surface area (Å²) < 4.78 is 17.0. The highest BCUT2D eigenvalue weighted by Gasteiger charge is 2.26. The van der Waals surface area contributed by atoms with E-state index < -0.39 is 0 Å². The Morgan fingerprint density at radius 1 is 1.12 bits per heavy atom. The fourth-order valence-corrected chi connectivity index (χ4v) is 3.33. The first-order valence-electron chi connectivity index (χ1n) is 8.84. The van der Waals surface area contributed by atoms with Crippen LogP contribution < -0.4 is 19.5 Å². The number of nitrogens with one attached hydrogen (secondary N) is 1. The standard InChI is InChI=1S/C21H27NO3/c1-14(2)13-25-16-7-5-6-15(12-16)20-17-8-9-19(23-3)21(24-4)18(17)10-11-22-20/h5-9,12,14,20,22H,10-11,13H2,1-4H3. The van der Waals surface area contributed by atoms with E-state index >= 15 is 0 Å². The minimum absolute atomic E-state index is 0.131. The predicted molar refractivity (Wildman–Crippen MR) is 99.9 cm³/mol. The van der Waals surface area contributed by atoms with E-state index in [-0.39, 0.29) is 6.04 Å². The lowest BCUT2D eigenvalue weighted by atomic mass is 9.89. The SMILES string of the molecule is COc1ccc2c(c1OC)CCNC2c1cccc(OCC(C)C)c1. The normalized spacial score (nSPS) is 16.4. The Morgan fingerprint density at radius 3 is 2.68 bits per heavy atom. The Morgan fingerprint density at radius 2 is 1.96 bits per heavy atom. The molecule has 1 N–H and O–H groups in total. The summed E-state index contributed by atoms with van der Waals surface area (Å²) in [6.45, 7) is 5.94. The van der Waals surface area contributed by atoms with Gasteiger partial charge in [0, 0.05) is 12.1 Å². The van der Waals surface area contributed by atoms with Gasteiger partial charge in [-0.2, -0.15) is 0 Å². The molecule has 0 aromatic heterocycles. The molecule has 1 heterocycles. The average Bonchev–Trinajstić information content (AvgIpc) is 2.65. The summed E-state index contributed by atoms with van der Waals surface area (Å²) in [5, 5.41) is 3.62. The molecule has 25 heavy (non-hydrogen) atoms. The van der Waals surface area contributed by atoms with Gasteiger partial charge in [-0.05, 0) is 41.7 Å². The van der Waals surface area contributed by atoms with E-state index in [1.807, 2.05) is 12.1 Å². The first-order valence-corrected chi connectivity index (χ1v) is 8.84. The van der Waals surface area contributed by atoms with Crippen LogP contribution in [0.4, 0.5) is 0 Å². The van der Waals surface area contributed by atoms with Gasteiger partial charge < -0.3 is 19.5 Å². The van der Waals surface area contributed by atoms with Crippen molar-refractivity contribution in [2.75, 3.05) is 27.4 Å². The van der Waals surface area contributed by atoms with E-state index in [2.05, 4.69) is 43.4 Å². The summed E-state index contributed by atoms with van der Waals surface area (Å²) in [4.78, 5) is 0. The summed E-state index contributed by atoms with van der Waals surface area (Å²) in [7, 11) is 3.38. The van der Waals surface area contributed by atoms with Crippen LogP contribution in [0.15, 0.2) is 36.4 Å². The number of hydrogen-bond acceptors (Lipinski definition) is 4. The maximum Gasteiger partial charge on any atom is 0.164 e. The molecule has 0 bridgehead atoms. The van der Waals surface area contributed by atoms with Crippen LogP contribution in [-0.2, 0) is 6.42 Å². The highest BCUT2D eigenvalue weighted by atomic mass is 16.5. The van der Waals surface area contributed by atoms with Gasteiger partial charge in [0.05, 0.1) is 26.9 Å². The Balaban J connectivity index is 1.94. The Labute approximate surface area is 150 Å². The fraction of sp³-hybridized carbons (Fsp3) is 0.429. The van der Waals surface area contributed by atoms with Crippen molar-refractivity contribution in [2.24, 2.45) is 5.92 Å². The molecule has 0 saturated carbocycles. The molecule has 2 aromatic carbocycles. The molecular formula is C21H27NO3. The predicted octanol–water partition coefficient (Wildman–Crippen LogP) is 3.97. The van der Waals surface area contributed by atoms with E-state index in [4.69, 9.17) is 14.2 Å². The quantitative estimate of drug-likeness (QED) is 0.863. The second kappa shape index (κ2) is 7.79. The second-order valence-electron chi connectivity index (χ2n) is 6.78. The first kappa shape index (κ1) is 17.6. The Bertz CT molecular complexity index is 727.